The molecule has 18 heavy (non-hydrogen) atoms. The lowest BCUT2D eigenvalue weighted by Gasteiger charge is -2.05. The monoisotopic (exact) mass is 243 g/mol. The van der Waals surface area contributed by atoms with E-state index in [0.29, 0.717) is 6.61 Å². The maximum Gasteiger partial charge on any atom is 0.164 e. The van der Waals surface area contributed by atoms with Crippen LogP contribution in [0.1, 0.15) is 11.4 Å². The Bertz CT molecular complexity index is 564. The molecule has 0 spiro atoms. The number of hydrogen-bond acceptors (Lipinski definition) is 4. The number of hydrogen-bond donors (Lipinski definition) is 1. The molecule has 0 amide bonds. The molecule has 0 saturated heterocycles. The van der Waals surface area contributed by atoms with Gasteiger partial charge < -0.3 is 9.84 Å². The number of rotatable bonds is 3. The van der Waals surface area contributed by atoms with Crippen molar-refractivity contribution >= 4 is 0 Å². The summed E-state index contributed by atoms with van der Waals surface area (Å²) in [6.45, 7) is 0.239. The second-order valence-corrected chi connectivity index (χ2v) is 3.57. The van der Waals surface area contributed by atoms with E-state index in [2.05, 4.69) is 21.9 Å². The molecule has 0 aliphatic carbocycles. The number of nitrogens with zero attached hydrogens (tertiary/aromatic N) is 3. The first-order valence-electron chi connectivity index (χ1n) is 5.45. The number of aliphatic hydroxyl groups excluding tert-OH is 1. The minimum atomic E-state index is -0.135. The van der Waals surface area contributed by atoms with Gasteiger partial charge in [-0.2, -0.15) is 5.10 Å². The lowest BCUT2D eigenvalue weighted by Crippen LogP contribution is -2.04. The third kappa shape index (κ3) is 3.09. The summed E-state index contributed by atoms with van der Waals surface area (Å²) >= 11 is 0. The van der Waals surface area contributed by atoms with Crippen LogP contribution in [-0.4, -0.2) is 26.5 Å². The summed E-state index contributed by atoms with van der Waals surface area (Å²) in [4.78, 5) is 4.07. The van der Waals surface area contributed by atoms with Gasteiger partial charge in [-0.15, -0.1) is 0 Å². The number of aliphatic hydroxyl groups is 1. The lowest BCUT2D eigenvalue weighted by molar-refractivity contribution is 0.290. The fourth-order valence-electron chi connectivity index (χ4n) is 1.37. The topological polar surface area (TPSA) is 60.2 Å². The first-order chi connectivity index (χ1) is 8.79. The second kappa shape index (κ2) is 5.84. The standard InChI is InChI=1S/C13H13N3O2/c1-16-13(14-10-15-16)9-18-12-6-4-11(5-7-12)3-2-8-17/h4-7,10,17H,8-9H2,1H3. The van der Waals surface area contributed by atoms with E-state index >= 15 is 0 Å². The van der Waals surface area contributed by atoms with Gasteiger partial charge in [0.25, 0.3) is 0 Å². The van der Waals surface area contributed by atoms with Crippen LogP contribution >= 0.6 is 0 Å². The molecular weight excluding hydrogens is 230 g/mol. The summed E-state index contributed by atoms with van der Waals surface area (Å²) in [6.07, 6.45) is 1.49. The Labute approximate surface area is 105 Å². The molecule has 5 nitrogen and oxygen atoms in total. The fourth-order valence-corrected chi connectivity index (χ4v) is 1.37. The summed E-state index contributed by atoms with van der Waals surface area (Å²) in [5, 5.41) is 12.5. The molecule has 0 fully saturated rings. The second-order valence-electron chi connectivity index (χ2n) is 3.57. The smallest absolute Gasteiger partial charge is 0.164 e. The Morgan fingerprint density at radius 3 is 2.72 bits per heavy atom. The SMILES string of the molecule is Cn1ncnc1COc1ccc(C#CCO)cc1. The molecule has 0 aliphatic rings. The van der Waals surface area contributed by atoms with Gasteiger partial charge in [0.2, 0.25) is 0 Å². The van der Waals surface area contributed by atoms with E-state index < -0.39 is 0 Å². The van der Waals surface area contributed by atoms with Crippen LogP contribution in [0.3, 0.4) is 0 Å². The van der Waals surface area contributed by atoms with Crippen molar-refractivity contribution in [2.75, 3.05) is 6.61 Å². The van der Waals surface area contributed by atoms with Crippen molar-refractivity contribution in [3.63, 3.8) is 0 Å². The van der Waals surface area contributed by atoms with Crippen LogP contribution in [0.4, 0.5) is 0 Å². The Balaban J connectivity index is 1.96. The van der Waals surface area contributed by atoms with Gasteiger partial charge >= 0.3 is 0 Å². The van der Waals surface area contributed by atoms with Crippen molar-refractivity contribution in [2.45, 2.75) is 6.61 Å². The molecule has 1 N–H and O–H groups in total. The van der Waals surface area contributed by atoms with Gasteiger partial charge in [0, 0.05) is 12.6 Å². The third-order valence-electron chi connectivity index (χ3n) is 2.34. The van der Waals surface area contributed by atoms with Crippen molar-refractivity contribution in [1.29, 1.82) is 0 Å². The number of aryl methyl sites for hydroxylation is 1. The van der Waals surface area contributed by atoms with Gasteiger partial charge in [0.15, 0.2) is 5.82 Å². The van der Waals surface area contributed by atoms with Gasteiger partial charge in [0.1, 0.15) is 25.3 Å². The molecule has 1 aromatic heterocycles. The highest BCUT2D eigenvalue weighted by Crippen LogP contribution is 2.12. The summed E-state index contributed by atoms with van der Waals surface area (Å²) < 4.78 is 7.24. The van der Waals surface area contributed by atoms with Crippen LogP contribution in [0.25, 0.3) is 0 Å². The molecule has 1 heterocycles. The first-order valence-corrected chi connectivity index (χ1v) is 5.45. The lowest BCUT2D eigenvalue weighted by atomic mass is 10.2. The Kier molecular flexibility index (Phi) is 3.94. The molecule has 92 valence electrons. The van der Waals surface area contributed by atoms with E-state index in [-0.39, 0.29) is 6.61 Å². The predicted molar refractivity (Wildman–Crippen MR) is 65.7 cm³/mol. The van der Waals surface area contributed by atoms with Crippen molar-refractivity contribution in [1.82, 2.24) is 14.8 Å². The van der Waals surface area contributed by atoms with Crippen LogP contribution in [-0.2, 0) is 13.7 Å². The van der Waals surface area contributed by atoms with Gasteiger partial charge in [-0.25, -0.2) is 4.98 Å². The van der Waals surface area contributed by atoms with Crippen LogP contribution in [0.2, 0.25) is 0 Å². The van der Waals surface area contributed by atoms with Gasteiger partial charge in [-0.05, 0) is 24.3 Å². The average molecular weight is 243 g/mol. The molecule has 0 saturated carbocycles. The minimum Gasteiger partial charge on any atom is -0.486 e. The zero-order valence-electron chi connectivity index (χ0n) is 10.00. The fraction of sp³-hybridized carbons (Fsp3) is 0.231. The molecule has 0 bridgehead atoms. The van der Waals surface area contributed by atoms with Crippen LogP contribution in [0, 0.1) is 11.8 Å². The quantitative estimate of drug-likeness (QED) is 0.808. The molecule has 0 radical (unpaired) electrons. The van der Waals surface area contributed by atoms with Gasteiger partial charge in [-0.3, -0.25) is 4.68 Å². The highest BCUT2D eigenvalue weighted by atomic mass is 16.5. The molecule has 2 rings (SSSR count). The average Bonchev–Trinajstić information content (AvgIpc) is 2.81. The van der Waals surface area contributed by atoms with Crippen molar-refractivity contribution in [3.8, 4) is 17.6 Å². The highest BCUT2D eigenvalue weighted by molar-refractivity contribution is 5.38. The van der Waals surface area contributed by atoms with Crippen LogP contribution < -0.4 is 4.74 Å². The van der Waals surface area contributed by atoms with Crippen LogP contribution in [0.15, 0.2) is 30.6 Å². The summed E-state index contributed by atoms with van der Waals surface area (Å²) in [5.41, 5.74) is 0.843. The predicted octanol–water partition coefficient (Wildman–Crippen LogP) is 0.738. The van der Waals surface area contributed by atoms with E-state index in [1.165, 1.54) is 6.33 Å². The minimum absolute atomic E-state index is 0.135. The summed E-state index contributed by atoms with van der Waals surface area (Å²) in [6, 6.07) is 7.35. The van der Waals surface area contributed by atoms with E-state index in [9.17, 15) is 0 Å². The molecule has 1 aromatic carbocycles. The first kappa shape index (κ1) is 12.1. The number of aromatic nitrogens is 3. The van der Waals surface area contributed by atoms with E-state index in [1.54, 1.807) is 4.68 Å². The molecule has 2 aromatic rings. The molecule has 0 unspecified atom stereocenters. The Hall–Kier alpha value is -2.32. The Morgan fingerprint density at radius 1 is 1.33 bits per heavy atom. The zero-order chi connectivity index (χ0) is 12.8. The van der Waals surface area contributed by atoms with E-state index in [0.717, 1.165) is 17.1 Å². The molecular formula is C13H13N3O2. The largest absolute Gasteiger partial charge is 0.486 e. The highest BCUT2D eigenvalue weighted by Gasteiger charge is 2.01. The van der Waals surface area contributed by atoms with E-state index in [1.807, 2.05) is 31.3 Å². The molecule has 0 aliphatic heterocycles. The maximum absolute atomic E-state index is 8.58. The molecule has 0 atom stereocenters. The van der Waals surface area contributed by atoms with Crippen LogP contribution in [0.5, 0.6) is 5.75 Å². The Morgan fingerprint density at radius 2 is 2.11 bits per heavy atom. The maximum atomic E-state index is 8.58. The van der Waals surface area contributed by atoms with Gasteiger partial charge in [0.05, 0.1) is 0 Å². The van der Waals surface area contributed by atoms with Gasteiger partial charge in [-0.1, -0.05) is 11.8 Å². The van der Waals surface area contributed by atoms with Crippen molar-refractivity contribution in [2.24, 2.45) is 7.05 Å². The van der Waals surface area contributed by atoms with E-state index in [4.69, 9.17) is 9.84 Å². The normalized spacial score (nSPS) is 9.67. The summed E-state index contributed by atoms with van der Waals surface area (Å²) in [5.74, 6) is 6.91. The molecule has 5 heteroatoms. The van der Waals surface area contributed by atoms with Crippen molar-refractivity contribution in [3.05, 3.63) is 42.0 Å². The van der Waals surface area contributed by atoms with Crippen molar-refractivity contribution < 1.29 is 9.84 Å². The number of benzene rings is 1. The number of ether oxygens (including phenoxy) is 1. The summed E-state index contributed by atoms with van der Waals surface area (Å²) in [7, 11) is 1.82. The zero-order valence-corrected chi connectivity index (χ0v) is 10.00. The third-order valence-corrected chi connectivity index (χ3v) is 2.34.